The van der Waals surface area contributed by atoms with Gasteiger partial charge in [-0.15, -0.1) is 0 Å². The molecule has 170 valence electrons. The van der Waals surface area contributed by atoms with Crippen molar-refractivity contribution in [3.63, 3.8) is 0 Å². The number of benzene rings is 2. The van der Waals surface area contributed by atoms with E-state index in [1.807, 2.05) is 0 Å². The Morgan fingerprint density at radius 1 is 1.15 bits per heavy atom. The first-order valence-electron chi connectivity index (χ1n) is 9.76. The molecule has 0 unspecified atom stereocenters. The van der Waals surface area contributed by atoms with Crippen LogP contribution in [-0.2, 0) is 19.1 Å². The first-order chi connectivity index (χ1) is 15.9. The van der Waals surface area contributed by atoms with Crippen LogP contribution in [0.2, 0.25) is 0 Å². The summed E-state index contributed by atoms with van der Waals surface area (Å²) in [6.45, 7) is 1.72. The van der Waals surface area contributed by atoms with Crippen molar-refractivity contribution in [3.05, 3.63) is 52.0 Å². The molecule has 2 aliphatic heterocycles. The number of esters is 1. The molecular formula is C22H17BrN2O8. The van der Waals surface area contributed by atoms with E-state index in [2.05, 4.69) is 21.2 Å². The minimum Gasteiger partial charge on any atom is -0.481 e. The monoisotopic (exact) mass is 516 g/mol. The van der Waals surface area contributed by atoms with E-state index in [-0.39, 0.29) is 31.3 Å². The molecule has 2 aliphatic rings. The van der Waals surface area contributed by atoms with E-state index in [1.54, 1.807) is 31.2 Å². The lowest BCUT2D eigenvalue weighted by molar-refractivity contribution is -0.145. The third-order valence-electron chi connectivity index (χ3n) is 4.63. The van der Waals surface area contributed by atoms with Gasteiger partial charge in [0, 0.05) is 6.07 Å². The molecule has 33 heavy (non-hydrogen) atoms. The number of barbiturate groups is 1. The third-order valence-corrected chi connectivity index (χ3v) is 5.25. The minimum absolute atomic E-state index is 0.0386. The van der Waals surface area contributed by atoms with Gasteiger partial charge >= 0.3 is 12.0 Å². The highest BCUT2D eigenvalue weighted by Gasteiger charge is 2.37. The summed E-state index contributed by atoms with van der Waals surface area (Å²) >= 11 is 3.34. The number of urea groups is 1. The number of halogens is 1. The molecule has 4 amide bonds. The Hall–Kier alpha value is -3.86. The van der Waals surface area contributed by atoms with Crippen LogP contribution in [0.15, 0.2) is 46.4 Å². The van der Waals surface area contributed by atoms with E-state index in [0.717, 1.165) is 4.90 Å². The molecular weight excluding hydrogens is 500 g/mol. The molecule has 10 nitrogen and oxygen atoms in total. The Balaban J connectivity index is 1.57. The van der Waals surface area contributed by atoms with Crippen LogP contribution in [-0.4, -0.2) is 43.8 Å². The van der Waals surface area contributed by atoms with Crippen molar-refractivity contribution in [2.75, 3.05) is 24.9 Å². The summed E-state index contributed by atoms with van der Waals surface area (Å²) in [5.74, 6) is -0.860. The van der Waals surface area contributed by atoms with Crippen LogP contribution in [0.3, 0.4) is 0 Å². The Morgan fingerprint density at radius 2 is 1.94 bits per heavy atom. The fourth-order valence-corrected chi connectivity index (χ4v) is 3.66. The van der Waals surface area contributed by atoms with Crippen LogP contribution in [0.25, 0.3) is 6.08 Å². The molecule has 1 saturated heterocycles. The zero-order chi connectivity index (χ0) is 23.5. The Labute approximate surface area is 196 Å². The smallest absolute Gasteiger partial charge is 0.344 e. The average Bonchev–Trinajstić information content (AvgIpc) is 3.24. The second-order valence-corrected chi connectivity index (χ2v) is 7.63. The van der Waals surface area contributed by atoms with Crippen LogP contribution >= 0.6 is 15.9 Å². The standard InChI is InChI=1S/C22H17BrN2O8/c1-2-30-19(26)10-31-16-5-3-12(8-15(16)23)7-14-20(27)24-22(29)25(21(14)28)13-4-6-17-18(9-13)33-11-32-17/h3-9H,2,10-11H2,1H3,(H,24,27,29)/b14-7+. The van der Waals surface area contributed by atoms with Crippen LogP contribution < -0.4 is 24.4 Å². The van der Waals surface area contributed by atoms with Gasteiger partial charge in [0.1, 0.15) is 11.3 Å². The SMILES string of the molecule is CCOC(=O)COc1ccc(/C=C2\C(=O)NC(=O)N(c3ccc4c(c3)OCO4)C2=O)cc1Br. The van der Waals surface area contributed by atoms with E-state index >= 15 is 0 Å². The molecule has 0 atom stereocenters. The second-order valence-electron chi connectivity index (χ2n) is 6.78. The van der Waals surface area contributed by atoms with E-state index in [9.17, 15) is 19.2 Å². The van der Waals surface area contributed by atoms with Gasteiger partial charge < -0.3 is 18.9 Å². The zero-order valence-corrected chi connectivity index (χ0v) is 18.8. The van der Waals surface area contributed by atoms with Crippen LogP contribution in [0.5, 0.6) is 17.2 Å². The predicted octanol–water partition coefficient (Wildman–Crippen LogP) is 2.79. The summed E-state index contributed by atoms with van der Waals surface area (Å²) in [5, 5.41) is 2.17. The van der Waals surface area contributed by atoms with Gasteiger partial charge in [0.15, 0.2) is 18.1 Å². The molecule has 11 heteroatoms. The number of amides is 4. The molecule has 1 N–H and O–H groups in total. The number of fused-ring (bicyclic) bond motifs is 1. The number of imide groups is 2. The second kappa shape index (κ2) is 9.33. The Kier molecular flexibility index (Phi) is 6.31. The van der Waals surface area contributed by atoms with Gasteiger partial charge in [0.2, 0.25) is 6.79 Å². The van der Waals surface area contributed by atoms with E-state index in [1.165, 1.54) is 18.2 Å². The largest absolute Gasteiger partial charge is 0.481 e. The summed E-state index contributed by atoms with van der Waals surface area (Å²) in [5.41, 5.74) is 0.479. The van der Waals surface area contributed by atoms with Gasteiger partial charge in [-0.3, -0.25) is 14.9 Å². The normalized spacial score (nSPS) is 16.1. The number of rotatable bonds is 6. The van der Waals surface area contributed by atoms with Crippen molar-refractivity contribution in [1.82, 2.24) is 5.32 Å². The maximum absolute atomic E-state index is 13.1. The van der Waals surface area contributed by atoms with Crippen molar-refractivity contribution >= 4 is 51.5 Å². The minimum atomic E-state index is -0.870. The van der Waals surface area contributed by atoms with Crippen LogP contribution in [0.4, 0.5) is 10.5 Å². The molecule has 0 aliphatic carbocycles. The van der Waals surface area contributed by atoms with E-state index in [0.29, 0.717) is 27.3 Å². The number of ether oxygens (including phenoxy) is 4. The number of carbonyl (C=O) groups is 4. The van der Waals surface area contributed by atoms with Crippen molar-refractivity contribution in [1.29, 1.82) is 0 Å². The van der Waals surface area contributed by atoms with Gasteiger partial charge in [-0.2, -0.15) is 0 Å². The van der Waals surface area contributed by atoms with E-state index in [4.69, 9.17) is 18.9 Å². The average molecular weight is 517 g/mol. The molecule has 2 aromatic carbocycles. The summed E-state index contributed by atoms with van der Waals surface area (Å²) in [4.78, 5) is 50.2. The highest BCUT2D eigenvalue weighted by atomic mass is 79.9. The molecule has 0 aromatic heterocycles. The van der Waals surface area contributed by atoms with Crippen molar-refractivity contribution in [2.24, 2.45) is 0 Å². The summed E-state index contributed by atoms with van der Waals surface area (Å²) in [6, 6.07) is 8.48. The van der Waals surface area contributed by atoms with Gasteiger partial charge in [0.25, 0.3) is 11.8 Å². The Morgan fingerprint density at radius 3 is 2.70 bits per heavy atom. The third kappa shape index (κ3) is 4.67. The van der Waals surface area contributed by atoms with Crippen molar-refractivity contribution in [2.45, 2.75) is 6.92 Å². The number of carbonyl (C=O) groups excluding carboxylic acids is 4. The lowest BCUT2D eigenvalue weighted by Gasteiger charge is -2.26. The first-order valence-corrected chi connectivity index (χ1v) is 10.6. The predicted molar refractivity (Wildman–Crippen MR) is 118 cm³/mol. The summed E-state index contributed by atoms with van der Waals surface area (Å²) in [7, 11) is 0. The molecule has 0 bridgehead atoms. The lowest BCUT2D eigenvalue weighted by Crippen LogP contribution is -2.54. The van der Waals surface area contributed by atoms with Crippen LogP contribution in [0.1, 0.15) is 12.5 Å². The number of nitrogens with zero attached hydrogens (tertiary/aromatic N) is 1. The van der Waals surface area contributed by atoms with Crippen molar-refractivity contribution < 1.29 is 38.1 Å². The topological polar surface area (TPSA) is 120 Å². The van der Waals surface area contributed by atoms with Crippen LogP contribution in [0, 0.1) is 0 Å². The highest BCUT2D eigenvalue weighted by molar-refractivity contribution is 9.10. The maximum Gasteiger partial charge on any atom is 0.344 e. The van der Waals surface area contributed by atoms with E-state index < -0.39 is 23.8 Å². The number of nitrogens with one attached hydrogen (secondary N) is 1. The van der Waals surface area contributed by atoms with Gasteiger partial charge in [-0.1, -0.05) is 6.07 Å². The molecule has 2 heterocycles. The van der Waals surface area contributed by atoms with Gasteiger partial charge in [0.05, 0.1) is 16.8 Å². The molecule has 2 aromatic rings. The summed E-state index contributed by atoms with van der Waals surface area (Å²) < 4.78 is 21.2. The first kappa shape index (κ1) is 22.3. The number of anilines is 1. The quantitative estimate of drug-likeness (QED) is 0.353. The summed E-state index contributed by atoms with van der Waals surface area (Å²) in [6.07, 6.45) is 1.35. The van der Waals surface area contributed by atoms with Gasteiger partial charge in [-0.05, 0) is 58.8 Å². The maximum atomic E-state index is 13.1. The zero-order valence-electron chi connectivity index (χ0n) is 17.3. The van der Waals surface area contributed by atoms with Crippen molar-refractivity contribution in [3.8, 4) is 17.2 Å². The molecule has 1 fully saturated rings. The fraction of sp³-hybridized carbons (Fsp3) is 0.182. The number of hydrogen-bond donors (Lipinski definition) is 1. The molecule has 0 saturated carbocycles. The molecule has 0 spiro atoms. The fourth-order valence-electron chi connectivity index (χ4n) is 3.15. The Bertz CT molecular complexity index is 1190. The molecule has 4 rings (SSSR count). The van der Waals surface area contributed by atoms with Gasteiger partial charge in [-0.25, -0.2) is 14.5 Å². The number of hydrogen-bond acceptors (Lipinski definition) is 8. The molecule has 0 radical (unpaired) electrons. The highest BCUT2D eigenvalue weighted by Crippen LogP contribution is 2.36. The lowest BCUT2D eigenvalue weighted by atomic mass is 10.1.